The summed E-state index contributed by atoms with van der Waals surface area (Å²) in [5.41, 5.74) is 3.90. The summed E-state index contributed by atoms with van der Waals surface area (Å²) in [6, 6.07) is 6.43. The van der Waals surface area contributed by atoms with Gasteiger partial charge in [-0.15, -0.1) is 0 Å². The van der Waals surface area contributed by atoms with Crippen LogP contribution >= 0.6 is 0 Å². The van der Waals surface area contributed by atoms with Crippen molar-refractivity contribution in [2.45, 2.75) is 12.2 Å². The summed E-state index contributed by atoms with van der Waals surface area (Å²) in [6.45, 7) is 0. The van der Waals surface area contributed by atoms with Crippen LogP contribution in [0.15, 0.2) is 36.5 Å². The molecule has 0 fully saturated rings. The van der Waals surface area contributed by atoms with E-state index in [1.165, 1.54) is 22.0 Å². The summed E-state index contributed by atoms with van der Waals surface area (Å²) in [5, 5.41) is 1.30. The predicted molar refractivity (Wildman–Crippen MR) is 54.0 cm³/mol. The number of hydrogen-bond donors (Lipinski definition) is 1. The second kappa shape index (κ2) is 2.10. The summed E-state index contributed by atoms with van der Waals surface area (Å²) in [7, 11) is 0. The van der Waals surface area contributed by atoms with Crippen molar-refractivity contribution < 1.29 is 4.74 Å². The lowest BCUT2D eigenvalue weighted by Crippen LogP contribution is -1.92. The molecule has 2 heteroatoms. The first-order valence-electron chi connectivity index (χ1n) is 4.87. The number of nitrogens with one attached hydrogen (secondary N) is 1. The van der Waals surface area contributed by atoms with Crippen LogP contribution in [0.25, 0.3) is 10.9 Å². The molecule has 1 aromatic heterocycles. The van der Waals surface area contributed by atoms with E-state index in [4.69, 9.17) is 4.74 Å². The number of aromatic nitrogens is 1. The Labute approximate surface area is 81.2 Å². The molecule has 0 saturated heterocycles. The van der Waals surface area contributed by atoms with Crippen LogP contribution in [0.3, 0.4) is 0 Å². The standard InChI is InChI=1S/C12H9NO/c1-2-9-7(5-6-13-9)12-8(1)10-3-4-11(12)14-10/h1-6,10-11,13H. The molecule has 68 valence electrons. The van der Waals surface area contributed by atoms with Gasteiger partial charge in [-0.25, -0.2) is 0 Å². The molecule has 0 aliphatic carbocycles. The van der Waals surface area contributed by atoms with Crippen LogP contribution in [-0.4, -0.2) is 4.98 Å². The van der Waals surface area contributed by atoms with Gasteiger partial charge >= 0.3 is 0 Å². The third kappa shape index (κ3) is 0.633. The second-order valence-electron chi connectivity index (χ2n) is 3.87. The number of benzene rings is 1. The summed E-state index contributed by atoms with van der Waals surface area (Å²) in [4.78, 5) is 3.23. The molecule has 1 N–H and O–H groups in total. The molecular formula is C12H9NO. The van der Waals surface area contributed by atoms with Crippen molar-refractivity contribution in [2.75, 3.05) is 0 Å². The largest absolute Gasteiger partial charge is 0.361 e. The van der Waals surface area contributed by atoms with E-state index < -0.39 is 0 Å². The molecule has 2 unspecified atom stereocenters. The zero-order valence-corrected chi connectivity index (χ0v) is 7.53. The molecule has 0 amide bonds. The van der Waals surface area contributed by atoms with E-state index in [2.05, 4.69) is 35.3 Å². The minimum atomic E-state index is 0.189. The van der Waals surface area contributed by atoms with Crippen molar-refractivity contribution in [1.29, 1.82) is 0 Å². The molecule has 2 nitrogen and oxygen atoms in total. The van der Waals surface area contributed by atoms with Crippen LogP contribution in [-0.2, 0) is 4.74 Å². The van der Waals surface area contributed by atoms with Gasteiger partial charge in [0.1, 0.15) is 12.2 Å². The van der Waals surface area contributed by atoms with Crippen LogP contribution < -0.4 is 0 Å². The van der Waals surface area contributed by atoms with Crippen LogP contribution in [0.2, 0.25) is 0 Å². The minimum Gasteiger partial charge on any atom is -0.361 e. The Hall–Kier alpha value is -1.54. The van der Waals surface area contributed by atoms with E-state index >= 15 is 0 Å². The molecule has 2 bridgehead atoms. The Morgan fingerprint density at radius 2 is 2.00 bits per heavy atom. The Morgan fingerprint density at radius 3 is 3.00 bits per heavy atom. The molecule has 0 spiro atoms. The lowest BCUT2D eigenvalue weighted by molar-refractivity contribution is 0.0883. The summed E-state index contributed by atoms with van der Waals surface area (Å²) in [5.74, 6) is 0. The molecule has 3 heterocycles. The van der Waals surface area contributed by atoms with Gasteiger partial charge in [0.2, 0.25) is 0 Å². The maximum absolute atomic E-state index is 5.80. The van der Waals surface area contributed by atoms with Crippen molar-refractivity contribution in [3.63, 3.8) is 0 Å². The average molecular weight is 183 g/mol. The van der Waals surface area contributed by atoms with Gasteiger partial charge in [-0.1, -0.05) is 18.2 Å². The predicted octanol–water partition coefficient (Wildman–Crippen LogP) is 2.85. The van der Waals surface area contributed by atoms with Gasteiger partial charge in [-0.05, 0) is 17.7 Å². The third-order valence-electron chi connectivity index (χ3n) is 3.15. The van der Waals surface area contributed by atoms with Crippen molar-refractivity contribution in [3.8, 4) is 0 Å². The quantitative estimate of drug-likeness (QED) is 0.624. The maximum Gasteiger partial charge on any atom is 0.103 e. The fraction of sp³-hybridized carbons (Fsp3) is 0.167. The van der Waals surface area contributed by atoms with E-state index in [0.717, 1.165) is 0 Å². The molecule has 2 aliphatic heterocycles. The Balaban J connectivity index is 2.18. The first-order chi connectivity index (χ1) is 6.93. The fourth-order valence-corrected chi connectivity index (χ4v) is 2.53. The van der Waals surface area contributed by atoms with Crippen molar-refractivity contribution in [3.05, 3.63) is 47.7 Å². The molecule has 0 radical (unpaired) electrons. The molecule has 0 saturated carbocycles. The summed E-state index contributed by atoms with van der Waals surface area (Å²) < 4.78 is 5.80. The van der Waals surface area contributed by atoms with Crippen molar-refractivity contribution in [2.24, 2.45) is 0 Å². The first-order valence-corrected chi connectivity index (χ1v) is 4.87. The SMILES string of the molecule is C1=CC2OC1c1ccc3[nH]ccc3c12. The number of hydrogen-bond acceptors (Lipinski definition) is 1. The number of H-pyrrole nitrogens is 1. The van der Waals surface area contributed by atoms with Crippen LogP contribution in [0.1, 0.15) is 23.3 Å². The smallest absolute Gasteiger partial charge is 0.103 e. The van der Waals surface area contributed by atoms with E-state index in [-0.39, 0.29) is 12.2 Å². The average Bonchev–Trinajstić information content (AvgIpc) is 2.92. The minimum absolute atomic E-state index is 0.189. The highest BCUT2D eigenvalue weighted by molar-refractivity contribution is 5.86. The highest BCUT2D eigenvalue weighted by Gasteiger charge is 2.34. The molecular weight excluding hydrogens is 174 g/mol. The Morgan fingerprint density at radius 1 is 1.07 bits per heavy atom. The zero-order valence-electron chi connectivity index (χ0n) is 7.53. The van der Waals surface area contributed by atoms with Gasteiger partial charge in [0, 0.05) is 22.7 Å². The second-order valence-corrected chi connectivity index (χ2v) is 3.87. The third-order valence-corrected chi connectivity index (χ3v) is 3.15. The first kappa shape index (κ1) is 6.85. The summed E-state index contributed by atoms with van der Waals surface area (Å²) in [6.07, 6.45) is 6.68. The van der Waals surface area contributed by atoms with Gasteiger partial charge in [0.05, 0.1) is 0 Å². The lowest BCUT2D eigenvalue weighted by atomic mass is 9.94. The molecule has 14 heavy (non-hydrogen) atoms. The lowest BCUT2D eigenvalue weighted by Gasteiger charge is -2.07. The van der Waals surface area contributed by atoms with E-state index in [1.807, 2.05) is 6.20 Å². The molecule has 4 rings (SSSR count). The molecule has 1 aromatic carbocycles. The van der Waals surface area contributed by atoms with Gasteiger partial charge in [0.25, 0.3) is 0 Å². The fourth-order valence-electron chi connectivity index (χ4n) is 2.53. The maximum atomic E-state index is 5.80. The highest BCUT2D eigenvalue weighted by atomic mass is 16.5. The van der Waals surface area contributed by atoms with Crippen molar-refractivity contribution >= 4 is 10.9 Å². The monoisotopic (exact) mass is 183 g/mol. The van der Waals surface area contributed by atoms with Crippen LogP contribution in [0.4, 0.5) is 0 Å². The molecule has 2 atom stereocenters. The van der Waals surface area contributed by atoms with E-state index in [9.17, 15) is 0 Å². The topological polar surface area (TPSA) is 25.0 Å². The van der Waals surface area contributed by atoms with Crippen LogP contribution in [0.5, 0.6) is 0 Å². The zero-order chi connectivity index (χ0) is 9.12. The number of ether oxygens (including phenoxy) is 1. The van der Waals surface area contributed by atoms with Gasteiger partial charge in [-0.3, -0.25) is 0 Å². The van der Waals surface area contributed by atoms with E-state index in [1.54, 1.807) is 0 Å². The van der Waals surface area contributed by atoms with Crippen LogP contribution in [0, 0.1) is 0 Å². The van der Waals surface area contributed by atoms with Gasteiger partial charge in [0.15, 0.2) is 0 Å². The van der Waals surface area contributed by atoms with Crippen molar-refractivity contribution in [1.82, 2.24) is 4.98 Å². The highest BCUT2D eigenvalue weighted by Crippen LogP contribution is 2.48. The molecule has 2 aromatic rings. The number of rotatable bonds is 0. The Bertz CT molecular complexity index is 552. The molecule has 2 aliphatic rings. The normalized spacial score (nSPS) is 27.4. The van der Waals surface area contributed by atoms with E-state index in [0.29, 0.717) is 0 Å². The summed E-state index contributed by atoms with van der Waals surface area (Å²) >= 11 is 0. The number of fused-ring (bicyclic) bond motifs is 7. The Kier molecular flexibility index (Phi) is 1.02. The van der Waals surface area contributed by atoms with Gasteiger partial charge < -0.3 is 9.72 Å². The number of aromatic amines is 1. The van der Waals surface area contributed by atoms with Gasteiger partial charge in [-0.2, -0.15) is 0 Å².